The van der Waals surface area contributed by atoms with Crippen LogP contribution in [0.25, 0.3) is 16.8 Å². The molecule has 0 aliphatic heterocycles. The van der Waals surface area contributed by atoms with E-state index in [1.165, 1.54) is 12.1 Å². The average molecular weight is 558 g/mol. The summed E-state index contributed by atoms with van der Waals surface area (Å²) in [6, 6.07) is 19.4. The van der Waals surface area contributed by atoms with Crippen molar-refractivity contribution in [3.05, 3.63) is 99.3 Å². The molecular formula is C27H25Cl2N3O4S. The van der Waals surface area contributed by atoms with Crippen molar-refractivity contribution < 1.29 is 17.9 Å². The van der Waals surface area contributed by atoms with Crippen molar-refractivity contribution in [1.82, 2.24) is 14.5 Å². The number of nitrogens with one attached hydrogen (secondary N) is 1. The Kier molecular flexibility index (Phi) is 7.92. The van der Waals surface area contributed by atoms with Crippen molar-refractivity contribution in [2.75, 3.05) is 6.61 Å². The molecule has 10 heteroatoms. The number of rotatable bonds is 7. The van der Waals surface area contributed by atoms with Gasteiger partial charge in [0.1, 0.15) is 0 Å². The van der Waals surface area contributed by atoms with Crippen molar-refractivity contribution in [2.24, 2.45) is 0 Å². The molecule has 1 N–H and O–H groups in total. The van der Waals surface area contributed by atoms with Gasteiger partial charge in [-0.3, -0.25) is 0 Å². The van der Waals surface area contributed by atoms with Gasteiger partial charge in [-0.2, -0.15) is 5.10 Å². The number of amides is 1. The molecule has 0 fully saturated rings. The SMILES string of the molecule is Cc1ccc(S(=O)(=O)NC(=O)OCCc2ccc(-n3nc(C)c(-c4ccc(Cl)c(Cl)c4)c3C)cc2)cc1. The maximum atomic E-state index is 12.3. The second-order valence-electron chi connectivity index (χ2n) is 8.56. The van der Waals surface area contributed by atoms with Crippen LogP contribution < -0.4 is 4.72 Å². The minimum absolute atomic E-state index is 0.00268. The summed E-state index contributed by atoms with van der Waals surface area (Å²) in [7, 11) is -3.99. The standard InChI is InChI=1S/C27H25Cl2N3O4S/c1-17-4-11-23(12-5-17)37(34,35)31-27(33)36-15-14-20-6-9-22(10-7-20)32-19(3)26(18(2)30-32)21-8-13-24(28)25(29)16-21/h4-13,16H,14-15H2,1-3H3,(H,31,33). The Morgan fingerprint density at radius 1 is 0.946 bits per heavy atom. The highest BCUT2D eigenvalue weighted by Gasteiger charge is 2.18. The highest BCUT2D eigenvalue weighted by atomic mass is 35.5. The van der Waals surface area contributed by atoms with E-state index in [1.54, 1.807) is 18.2 Å². The Balaban J connectivity index is 1.38. The minimum Gasteiger partial charge on any atom is -0.448 e. The van der Waals surface area contributed by atoms with Crippen LogP contribution in [0, 0.1) is 20.8 Å². The lowest BCUT2D eigenvalue weighted by Gasteiger charge is -2.09. The zero-order chi connectivity index (χ0) is 26.7. The number of aromatic nitrogens is 2. The van der Waals surface area contributed by atoms with Crippen molar-refractivity contribution in [3.63, 3.8) is 0 Å². The van der Waals surface area contributed by atoms with Crippen LogP contribution in [-0.4, -0.2) is 30.9 Å². The number of halogens is 2. The summed E-state index contributed by atoms with van der Waals surface area (Å²) in [5.74, 6) is 0. The highest BCUT2D eigenvalue weighted by molar-refractivity contribution is 7.90. The largest absolute Gasteiger partial charge is 0.448 e. The van der Waals surface area contributed by atoms with Crippen molar-refractivity contribution in [2.45, 2.75) is 32.1 Å². The second-order valence-corrected chi connectivity index (χ2v) is 11.1. The molecule has 4 rings (SSSR count). The molecule has 192 valence electrons. The number of carbonyl (C=O) groups is 1. The number of nitrogens with zero attached hydrogens (tertiary/aromatic N) is 2. The fraction of sp³-hybridized carbons (Fsp3) is 0.185. The zero-order valence-electron chi connectivity index (χ0n) is 20.5. The topological polar surface area (TPSA) is 90.3 Å². The molecular weight excluding hydrogens is 533 g/mol. The van der Waals surface area contributed by atoms with E-state index >= 15 is 0 Å². The van der Waals surface area contributed by atoms with E-state index in [0.29, 0.717) is 16.5 Å². The minimum atomic E-state index is -3.99. The lowest BCUT2D eigenvalue weighted by atomic mass is 10.0. The lowest BCUT2D eigenvalue weighted by Crippen LogP contribution is -2.31. The number of carbonyl (C=O) groups excluding carboxylic acids is 1. The number of ether oxygens (including phenoxy) is 1. The number of hydrogen-bond acceptors (Lipinski definition) is 5. The molecule has 3 aromatic carbocycles. The van der Waals surface area contributed by atoms with Gasteiger partial charge in [0.15, 0.2) is 0 Å². The average Bonchev–Trinajstić information content (AvgIpc) is 3.15. The summed E-state index contributed by atoms with van der Waals surface area (Å²) in [5, 5.41) is 5.68. The van der Waals surface area contributed by atoms with Gasteiger partial charge in [-0.15, -0.1) is 0 Å². The van der Waals surface area contributed by atoms with Crippen LogP contribution in [0.1, 0.15) is 22.5 Å². The molecule has 0 saturated carbocycles. The maximum absolute atomic E-state index is 12.3. The first-order chi connectivity index (χ1) is 17.5. The second kappa shape index (κ2) is 11.0. The molecule has 0 unspecified atom stereocenters. The van der Waals surface area contributed by atoms with Gasteiger partial charge in [-0.25, -0.2) is 22.6 Å². The van der Waals surface area contributed by atoms with Crippen molar-refractivity contribution in [1.29, 1.82) is 0 Å². The third-order valence-electron chi connectivity index (χ3n) is 5.85. The summed E-state index contributed by atoms with van der Waals surface area (Å²) >= 11 is 12.3. The lowest BCUT2D eigenvalue weighted by molar-refractivity contribution is 0.154. The Morgan fingerprint density at radius 3 is 2.27 bits per heavy atom. The van der Waals surface area contributed by atoms with Crippen molar-refractivity contribution in [3.8, 4) is 16.8 Å². The van der Waals surface area contributed by atoms with E-state index in [4.69, 9.17) is 33.0 Å². The van der Waals surface area contributed by atoms with Crippen LogP contribution in [-0.2, 0) is 21.2 Å². The Hall–Kier alpha value is -3.33. The molecule has 7 nitrogen and oxygen atoms in total. The van der Waals surface area contributed by atoms with E-state index in [9.17, 15) is 13.2 Å². The van der Waals surface area contributed by atoms with E-state index < -0.39 is 16.1 Å². The van der Waals surface area contributed by atoms with Gasteiger partial charge in [0, 0.05) is 17.7 Å². The smallest absolute Gasteiger partial charge is 0.421 e. The molecule has 37 heavy (non-hydrogen) atoms. The number of aryl methyl sites for hydroxylation is 2. The molecule has 1 aromatic heterocycles. The number of sulfonamides is 1. The molecule has 4 aromatic rings. The van der Waals surface area contributed by atoms with Gasteiger partial charge in [0.2, 0.25) is 0 Å². The van der Waals surface area contributed by atoms with Crippen LogP contribution in [0.4, 0.5) is 4.79 Å². The van der Waals surface area contributed by atoms with E-state index in [2.05, 4.69) is 0 Å². The van der Waals surface area contributed by atoms with Crippen LogP contribution in [0.15, 0.2) is 71.6 Å². The van der Waals surface area contributed by atoms with Crippen molar-refractivity contribution >= 4 is 39.3 Å². The maximum Gasteiger partial charge on any atom is 0.421 e. The monoisotopic (exact) mass is 557 g/mol. The third-order valence-corrected chi connectivity index (χ3v) is 7.92. The molecule has 0 atom stereocenters. The molecule has 1 amide bonds. The Bertz CT molecular complexity index is 1550. The van der Waals surface area contributed by atoms with Crippen LogP contribution in [0.2, 0.25) is 10.0 Å². The van der Waals surface area contributed by atoms with Gasteiger partial charge in [-0.05, 0) is 68.3 Å². The van der Waals surface area contributed by atoms with Gasteiger partial charge in [-0.1, -0.05) is 59.1 Å². The molecule has 0 radical (unpaired) electrons. The first kappa shape index (κ1) is 26.7. The summed E-state index contributed by atoms with van der Waals surface area (Å²) in [6.45, 7) is 5.80. The summed E-state index contributed by atoms with van der Waals surface area (Å²) in [4.78, 5) is 12.0. The molecule has 0 saturated heterocycles. The fourth-order valence-electron chi connectivity index (χ4n) is 3.94. The Morgan fingerprint density at radius 2 is 1.62 bits per heavy atom. The number of hydrogen-bond donors (Lipinski definition) is 1. The highest BCUT2D eigenvalue weighted by Crippen LogP contribution is 2.33. The fourth-order valence-corrected chi connectivity index (χ4v) is 5.13. The molecule has 0 bridgehead atoms. The van der Waals surface area contributed by atoms with E-state index in [0.717, 1.165) is 39.3 Å². The first-order valence-electron chi connectivity index (χ1n) is 11.4. The molecule has 1 heterocycles. The van der Waals surface area contributed by atoms with Gasteiger partial charge >= 0.3 is 6.09 Å². The van der Waals surface area contributed by atoms with Crippen LogP contribution in [0.3, 0.4) is 0 Å². The van der Waals surface area contributed by atoms with E-state index in [1.807, 2.05) is 66.6 Å². The molecule has 0 spiro atoms. The summed E-state index contributed by atoms with van der Waals surface area (Å²) in [6.07, 6.45) is -0.598. The quantitative estimate of drug-likeness (QED) is 0.282. The summed E-state index contributed by atoms with van der Waals surface area (Å²) < 4.78 is 33.5. The molecule has 0 aliphatic carbocycles. The first-order valence-corrected chi connectivity index (χ1v) is 13.7. The summed E-state index contributed by atoms with van der Waals surface area (Å²) in [5.41, 5.74) is 6.45. The molecule has 0 aliphatic rings. The van der Waals surface area contributed by atoms with Gasteiger partial charge in [0.25, 0.3) is 10.0 Å². The zero-order valence-corrected chi connectivity index (χ0v) is 22.8. The predicted molar refractivity (Wildman–Crippen MR) is 145 cm³/mol. The van der Waals surface area contributed by atoms with Gasteiger partial charge < -0.3 is 4.74 Å². The van der Waals surface area contributed by atoms with Gasteiger partial charge in [0.05, 0.1) is 32.9 Å². The van der Waals surface area contributed by atoms with Crippen LogP contribution >= 0.6 is 23.2 Å². The number of benzene rings is 3. The van der Waals surface area contributed by atoms with E-state index in [-0.39, 0.29) is 11.5 Å². The predicted octanol–water partition coefficient (Wildman–Crippen LogP) is 6.43. The third kappa shape index (κ3) is 6.15. The normalized spacial score (nSPS) is 11.4. The Labute approximate surface area is 226 Å². The van der Waals surface area contributed by atoms with Crippen LogP contribution in [0.5, 0.6) is 0 Å².